The molecule has 1 amide bonds. The lowest BCUT2D eigenvalue weighted by molar-refractivity contribution is -0.138. The molecule has 0 saturated heterocycles. The Bertz CT molecular complexity index is 1210. The minimum absolute atomic E-state index is 0.0321. The van der Waals surface area contributed by atoms with Gasteiger partial charge in [-0.1, -0.05) is 18.2 Å². The lowest BCUT2D eigenvalue weighted by Gasteiger charge is -2.21. The normalized spacial score (nSPS) is 11.8. The van der Waals surface area contributed by atoms with E-state index in [1.807, 2.05) is 6.92 Å². The van der Waals surface area contributed by atoms with Gasteiger partial charge in [0.1, 0.15) is 24.7 Å². The zero-order valence-corrected chi connectivity index (χ0v) is 19.5. The first kappa shape index (κ1) is 23.9. The second-order valence-electron chi connectivity index (χ2n) is 7.97. The average Bonchev–Trinajstić information content (AvgIpc) is 3.42. The van der Waals surface area contributed by atoms with Gasteiger partial charge >= 0.3 is 12.1 Å². The quantitative estimate of drug-likeness (QED) is 0.459. The van der Waals surface area contributed by atoms with E-state index in [0.717, 1.165) is 16.4 Å². The third-order valence-corrected chi connectivity index (χ3v) is 5.26. The SMILES string of the molecule is Cc1nc(CCOc2cccc(CN(CC(=O)O)C(=O)OCc3ccc4c(c3)OCO4)c2)c(C)o1. The molecule has 1 aliphatic heterocycles. The van der Waals surface area contributed by atoms with Gasteiger partial charge in [-0.3, -0.25) is 9.69 Å². The van der Waals surface area contributed by atoms with Crippen molar-refractivity contribution < 1.29 is 38.1 Å². The predicted molar refractivity (Wildman–Crippen MR) is 122 cm³/mol. The molecule has 0 unspecified atom stereocenters. The maximum absolute atomic E-state index is 12.7. The summed E-state index contributed by atoms with van der Waals surface area (Å²) in [6, 6.07) is 12.3. The number of hydrogen-bond donors (Lipinski definition) is 1. The van der Waals surface area contributed by atoms with E-state index in [-0.39, 0.29) is 19.9 Å². The van der Waals surface area contributed by atoms with Gasteiger partial charge in [-0.2, -0.15) is 0 Å². The molecule has 10 heteroatoms. The fraction of sp³-hybridized carbons (Fsp3) is 0.320. The van der Waals surface area contributed by atoms with E-state index < -0.39 is 18.6 Å². The molecule has 1 aromatic heterocycles. The second kappa shape index (κ2) is 10.8. The van der Waals surface area contributed by atoms with Crippen molar-refractivity contribution in [2.75, 3.05) is 19.9 Å². The number of nitrogens with zero attached hydrogens (tertiary/aromatic N) is 2. The Kier molecular flexibility index (Phi) is 7.39. The minimum Gasteiger partial charge on any atom is -0.493 e. The lowest BCUT2D eigenvalue weighted by Crippen LogP contribution is -2.35. The number of carbonyl (C=O) groups excluding carboxylic acids is 1. The van der Waals surface area contributed by atoms with E-state index in [1.165, 1.54) is 0 Å². The largest absolute Gasteiger partial charge is 0.493 e. The smallest absolute Gasteiger partial charge is 0.410 e. The van der Waals surface area contributed by atoms with Gasteiger partial charge in [0.25, 0.3) is 0 Å². The van der Waals surface area contributed by atoms with E-state index >= 15 is 0 Å². The van der Waals surface area contributed by atoms with E-state index in [4.69, 9.17) is 23.4 Å². The van der Waals surface area contributed by atoms with Crippen LogP contribution in [-0.2, 0) is 29.1 Å². The highest BCUT2D eigenvalue weighted by atomic mass is 16.7. The molecule has 2 aromatic carbocycles. The fourth-order valence-corrected chi connectivity index (χ4v) is 3.64. The van der Waals surface area contributed by atoms with Gasteiger partial charge < -0.3 is 28.5 Å². The number of aryl methyl sites for hydroxylation is 2. The molecular formula is C25H26N2O8. The molecule has 10 nitrogen and oxygen atoms in total. The van der Waals surface area contributed by atoms with E-state index in [1.54, 1.807) is 49.4 Å². The molecule has 4 rings (SSSR count). The lowest BCUT2D eigenvalue weighted by atomic mass is 10.2. The van der Waals surface area contributed by atoms with Crippen molar-refractivity contribution in [1.29, 1.82) is 0 Å². The van der Waals surface area contributed by atoms with Crippen LogP contribution in [-0.4, -0.2) is 47.0 Å². The Labute approximate surface area is 202 Å². The molecule has 3 aromatic rings. The van der Waals surface area contributed by atoms with Crippen molar-refractivity contribution in [2.24, 2.45) is 0 Å². The first-order chi connectivity index (χ1) is 16.9. The molecule has 184 valence electrons. The topological polar surface area (TPSA) is 121 Å². The molecule has 0 bridgehead atoms. The van der Waals surface area contributed by atoms with Crippen LogP contribution in [0.5, 0.6) is 17.2 Å². The van der Waals surface area contributed by atoms with Crippen molar-refractivity contribution >= 4 is 12.1 Å². The van der Waals surface area contributed by atoms with E-state index in [0.29, 0.717) is 47.3 Å². The molecule has 1 N–H and O–H groups in total. The number of rotatable bonds is 10. The molecule has 0 saturated carbocycles. The number of carbonyl (C=O) groups is 2. The minimum atomic E-state index is -1.14. The number of amides is 1. The van der Waals surface area contributed by atoms with Gasteiger partial charge in [-0.05, 0) is 42.3 Å². The highest BCUT2D eigenvalue weighted by molar-refractivity contribution is 5.76. The Balaban J connectivity index is 1.34. The molecule has 2 heterocycles. The zero-order chi connectivity index (χ0) is 24.8. The first-order valence-electron chi connectivity index (χ1n) is 11.0. The third-order valence-electron chi connectivity index (χ3n) is 5.26. The highest BCUT2D eigenvalue weighted by Crippen LogP contribution is 2.32. The molecular weight excluding hydrogens is 456 g/mol. The number of oxazole rings is 1. The number of carboxylic acids is 1. The second-order valence-corrected chi connectivity index (χ2v) is 7.97. The number of fused-ring (bicyclic) bond motifs is 1. The summed E-state index contributed by atoms with van der Waals surface area (Å²) < 4.78 is 27.2. The zero-order valence-electron chi connectivity index (χ0n) is 19.5. The van der Waals surface area contributed by atoms with Crippen LogP contribution >= 0.6 is 0 Å². The molecule has 0 aliphatic carbocycles. The van der Waals surface area contributed by atoms with Gasteiger partial charge in [0.2, 0.25) is 6.79 Å². The standard InChI is InChI=1S/C25H26N2O8/c1-16-21(26-17(2)35-16)8-9-31-20-5-3-4-18(10-20)12-27(13-24(28)29)25(30)32-14-19-6-7-22-23(11-19)34-15-33-22/h3-7,10-11H,8-9,12-15H2,1-2H3,(H,28,29). The molecule has 0 atom stereocenters. The maximum Gasteiger partial charge on any atom is 0.410 e. The Morgan fingerprint density at radius 3 is 2.69 bits per heavy atom. The van der Waals surface area contributed by atoms with Gasteiger partial charge in [0.15, 0.2) is 17.4 Å². The predicted octanol–water partition coefficient (Wildman–Crippen LogP) is 3.87. The summed E-state index contributed by atoms with van der Waals surface area (Å²) in [5.41, 5.74) is 2.25. The van der Waals surface area contributed by atoms with Crippen molar-refractivity contribution in [3.63, 3.8) is 0 Å². The van der Waals surface area contributed by atoms with Crippen LogP contribution < -0.4 is 14.2 Å². The average molecular weight is 482 g/mol. The Morgan fingerprint density at radius 2 is 1.91 bits per heavy atom. The summed E-state index contributed by atoms with van der Waals surface area (Å²) in [4.78, 5) is 29.5. The molecule has 35 heavy (non-hydrogen) atoms. The number of ether oxygens (including phenoxy) is 4. The fourth-order valence-electron chi connectivity index (χ4n) is 3.64. The van der Waals surface area contributed by atoms with Crippen LogP contribution in [0.25, 0.3) is 0 Å². The maximum atomic E-state index is 12.7. The summed E-state index contributed by atoms with van der Waals surface area (Å²) in [6.45, 7) is 3.71. The summed E-state index contributed by atoms with van der Waals surface area (Å²) in [7, 11) is 0. The van der Waals surface area contributed by atoms with Crippen molar-refractivity contribution in [3.05, 3.63) is 70.9 Å². The molecule has 0 spiro atoms. The van der Waals surface area contributed by atoms with Gasteiger partial charge in [-0.25, -0.2) is 9.78 Å². The van der Waals surface area contributed by atoms with Crippen LogP contribution in [0.2, 0.25) is 0 Å². The van der Waals surface area contributed by atoms with E-state index in [9.17, 15) is 14.7 Å². The Morgan fingerprint density at radius 1 is 1.09 bits per heavy atom. The molecule has 0 radical (unpaired) electrons. The van der Waals surface area contributed by atoms with Crippen LogP contribution in [0.3, 0.4) is 0 Å². The van der Waals surface area contributed by atoms with Gasteiger partial charge in [0.05, 0.1) is 12.3 Å². The summed E-state index contributed by atoms with van der Waals surface area (Å²) in [5.74, 6) is 2.04. The van der Waals surface area contributed by atoms with Gasteiger partial charge in [-0.15, -0.1) is 0 Å². The van der Waals surface area contributed by atoms with Crippen LogP contribution in [0.1, 0.15) is 28.5 Å². The summed E-state index contributed by atoms with van der Waals surface area (Å²) >= 11 is 0. The number of aromatic nitrogens is 1. The highest BCUT2D eigenvalue weighted by Gasteiger charge is 2.20. The summed E-state index contributed by atoms with van der Waals surface area (Å²) in [5, 5.41) is 9.29. The van der Waals surface area contributed by atoms with Crippen LogP contribution in [0.4, 0.5) is 4.79 Å². The third kappa shape index (κ3) is 6.44. The van der Waals surface area contributed by atoms with Crippen molar-refractivity contribution in [3.8, 4) is 17.2 Å². The van der Waals surface area contributed by atoms with Crippen molar-refractivity contribution in [1.82, 2.24) is 9.88 Å². The van der Waals surface area contributed by atoms with Crippen LogP contribution in [0.15, 0.2) is 46.9 Å². The number of hydrogen-bond acceptors (Lipinski definition) is 8. The number of aliphatic carboxylic acids is 1. The van der Waals surface area contributed by atoms with E-state index in [2.05, 4.69) is 4.98 Å². The number of carboxylic acid groups (broad SMARTS) is 1. The molecule has 1 aliphatic rings. The van der Waals surface area contributed by atoms with Crippen molar-refractivity contribution in [2.45, 2.75) is 33.4 Å². The molecule has 0 fully saturated rings. The monoisotopic (exact) mass is 482 g/mol. The summed E-state index contributed by atoms with van der Waals surface area (Å²) in [6.07, 6.45) is -0.154. The van der Waals surface area contributed by atoms with Gasteiger partial charge in [0, 0.05) is 19.9 Å². The number of benzene rings is 2. The Hall–Kier alpha value is -4.21. The first-order valence-corrected chi connectivity index (χ1v) is 11.0. The van der Waals surface area contributed by atoms with Crippen LogP contribution in [0, 0.1) is 13.8 Å².